The quantitative estimate of drug-likeness (QED) is 0.691. The fraction of sp³-hybridized carbons (Fsp3) is 0.889. The van der Waals surface area contributed by atoms with Gasteiger partial charge in [0.15, 0.2) is 0 Å². The lowest BCUT2D eigenvalue weighted by atomic mass is 10.3. The highest BCUT2D eigenvalue weighted by Gasteiger charge is 2.33. The monoisotopic (exact) mass is 281 g/mol. The smallest absolute Gasteiger partial charge is 0.282 e. The molecule has 1 aliphatic rings. The summed E-state index contributed by atoms with van der Waals surface area (Å²) in [5, 5.41) is 0. The Kier molecular flexibility index (Phi) is 5.26. The van der Waals surface area contributed by atoms with Gasteiger partial charge in [0.2, 0.25) is 0 Å². The lowest BCUT2D eigenvalue weighted by Crippen LogP contribution is -2.53. The molecule has 1 saturated heterocycles. The van der Waals surface area contributed by atoms with Crippen LogP contribution in [0.25, 0.3) is 0 Å². The SMILES string of the molecule is CCN(CC)S(=O)(=O)N1CCOC(C(N)=S)C1. The molecule has 1 heterocycles. The van der Waals surface area contributed by atoms with Crippen LogP contribution in [0.2, 0.25) is 0 Å². The van der Waals surface area contributed by atoms with Crippen LogP contribution in [0.3, 0.4) is 0 Å². The van der Waals surface area contributed by atoms with Gasteiger partial charge in [0.25, 0.3) is 10.2 Å². The molecule has 2 N–H and O–H groups in total. The van der Waals surface area contributed by atoms with Gasteiger partial charge in [-0.3, -0.25) is 0 Å². The van der Waals surface area contributed by atoms with Crippen molar-refractivity contribution in [2.24, 2.45) is 5.73 Å². The molecule has 1 fully saturated rings. The number of rotatable bonds is 5. The molecule has 8 heteroatoms. The number of nitrogens with two attached hydrogens (primary N) is 1. The van der Waals surface area contributed by atoms with Crippen molar-refractivity contribution in [3.05, 3.63) is 0 Å². The Hall–Kier alpha value is -0.280. The third-order valence-corrected chi connectivity index (χ3v) is 5.12. The zero-order valence-electron chi connectivity index (χ0n) is 10.1. The minimum absolute atomic E-state index is 0.199. The Labute approximate surface area is 108 Å². The van der Waals surface area contributed by atoms with E-state index in [2.05, 4.69) is 0 Å². The maximum absolute atomic E-state index is 12.2. The molecule has 6 nitrogen and oxygen atoms in total. The summed E-state index contributed by atoms with van der Waals surface area (Å²) in [5.74, 6) is 0. The van der Waals surface area contributed by atoms with E-state index in [4.69, 9.17) is 22.7 Å². The van der Waals surface area contributed by atoms with Gasteiger partial charge in [-0.25, -0.2) is 0 Å². The van der Waals surface area contributed by atoms with Crippen LogP contribution in [0.1, 0.15) is 13.8 Å². The molecule has 0 aromatic heterocycles. The fourth-order valence-electron chi connectivity index (χ4n) is 1.72. The van der Waals surface area contributed by atoms with Gasteiger partial charge in [-0.05, 0) is 0 Å². The normalized spacial score (nSPS) is 22.9. The summed E-state index contributed by atoms with van der Waals surface area (Å²) in [6.07, 6.45) is -0.482. The number of hydrogen-bond donors (Lipinski definition) is 1. The molecule has 1 unspecified atom stereocenters. The van der Waals surface area contributed by atoms with Crippen molar-refractivity contribution in [1.29, 1.82) is 0 Å². The maximum Gasteiger partial charge on any atom is 0.282 e. The summed E-state index contributed by atoms with van der Waals surface area (Å²) in [6.45, 7) is 5.40. The van der Waals surface area contributed by atoms with Crippen molar-refractivity contribution >= 4 is 27.4 Å². The minimum Gasteiger partial charge on any atom is -0.391 e. The second kappa shape index (κ2) is 6.05. The molecule has 0 aliphatic carbocycles. The molecule has 0 aromatic carbocycles. The topological polar surface area (TPSA) is 75.9 Å². The molecule has 1 rings (SSSR count). The Balaban J connectivity index is 2.81. The molecule has 1 atom stereocenters. The minimum atomic E-state index is -3.42. The van der Waals surface area contributed by atoms with E-state index in [9.17, 15) is 8.42 Å². The lowest BCUT2D eigenvalue weighted by Gasteiger charge is -2.34. The Morgan fingerprint density at radius 3 is 2.59 bits per heavy atom. The molecule has 0 spiro atoms. The number of nitrogens with zero attached hydrogens (tertiary/aromatic N) is 2. The second-order valence-corrected chi connectivity index (χ2v) is 6.11. The lowest BCUT2D eigenvalue weighted by molar-refractivity contribution is 0.0365. The molecule has 0 saturated carbocycles. The van der Waals surface area contributed by atoms with Crippen LogP contribution < -0.4 is 5.73 Å². The summed E-state index contributed by atoms with van der Waals surface area (Å²) in [5.41, 5.74) is 5.49. The van der Waals surface area contributed by atoms with Crippen LogP contribution >= 0.6 is 12.2 Å². The summed E-state index contributed by atoms with van der Waals surface area (Å²) in [6, 6.07) is 0. The predicted molar refractivity (Wildman–Crippen MR) is 69.9 cm³/mol. The van der Waals surface area contributed by atoms with Crippen LogP contribution in [-0.2, 0) is 14.9 Å². The van der Waals surface area contributed by atoms with E-state index >= 15 is 0 Å². The van der Waals surface area contributed by atoms with Gasteiger partial charge in [-0.1, -0.05) is 26.1 Å². The highest BCUT2D eigenvalue weighted by atomic mass is 32.2. The largest absolute Gasteiger partial charge is 0.391 e. The van der Waals surface area contributed by atoms with Crippen molar-refractivity contribution < 1.29 is 13.2 Å². The van der Waals surface area contributed by atoms with Gasteiger partial charge in [0.05, 0.1) is 6.61 Å². The molecule has 0 bridgehead atoms. The second-order valence-electron chi connectivity index (χ2n) is 3.71. The summed E-state index contributed by atoms with van der Waals surface area (Å²) < 4.78 is 32.6. The first kappa shape index (κ1) is 14.8. The van der Waals surface area contributed by atoms with Crippen molar-refractivity contribution in [1.82, 2.24) is 8.61 Å². The number of thiocarbonyl (C=S) groups is 1. The van der Waals surface area contributed by atoms with Crippen LogP contribution in [0.5, 0.6) is 0 Å². The highest BCUT2D eigenvalue weighted by Crippen LogP contribution is 2.14. The van der Waals surface area contributed by atoms with Crippen LogP contribution in [0.4, 0.5) is 0 Å². The van der Waals surface area contributed by atoms with E-state index < -0.39 is 16.3 Å². The molecular weight excluding hydrogens is 262 g/mol. The van der Waals surface area contributed by atoms with E-state index in [-0.39, 0.29) is 11.5 Å². The Morgan fingerprint density at radius 1 is 1.53 bits per heavy atom. The molecule has 17 heavy (non-hydrogen) atoms. The molecule has 0 radical (unpaired) electrons. The molecule has 1 aliphatic heterocycles. The van der Waals surface area contributed by atoms with Crippen molar-refractivity contribution in [2.45, 2.75) is 20.0 Å². The number of hydrogen-bond acceptors (Lipinski definition) is 4. The van der Waals surface area contributed by atoms with Gasteiger partial charge in [0.1, 0.15) is 11.1 Å². The van der Waals surface area contributed by atoms with Gasteiger partial charge in [-0.15, -0.1) is 0 Å². The molecule has 100 valence electrons. The Morgan fingerprint density at radius 2 is 2.12 bits per heavy atom. The van der Waals surface area contributed by atoms with Crippen LogP contribution in [0.15, 0.2) is 0 Å². The summed E-state index contributed by atoms with van der Waals surface area (Å²) in [4.78, 5) is 0.199. The third kappa shape index (κ3) is 3.35. The average Bonchev–Trinajstić information content (AvgIpc) is 2.30. The molecular formula is C9H19N3O3S2. The number of ether oxygens (including phenoxy) is 1. The first-order chi connectivity index (χ1) is 7.93. The first-order valence-corrected chi connectivity index (χ1v) is 7.40. The zero-order valence-corrected chi connectivity index (χ0v) is 11.8. The summed E-state index contributed by atoms with van der Waals surface area (Å²) in [7, 11) is -3.42. The van der Waals surface area contributed by atoms with Crippen molar-refractivity contribution in [3.8, 4) is 0 Å². The standard InChI is InChI=1S/C9H19N3O3S2/c1-3-11(4-2)17(13,14)12-5-6-15-8(7-12)9(10)16/h8H,3-7H2,1-2H3,(H2,10,16). The van der Waals surface area contributed by atoms with Gasteiger partial charge < -0.3 is 10.5 Å². The van der Waals surface area contributed by atoms with Crippen LogP contribution in [-0.4, -0.2) is 60.9 Å². The van der Waals surface area contributed by atoms with E-state index in [1.807, 2.05) is 13.8 Å². The van der Waals surface area contributed by atoms with E-state index in [0.29, 0.717) is 26.2 Å². The zero-order chi connectivity index (χ0) is 13.1. The van der Waals surface area contributed by atoms with E-state index in [0.717, 1.165) is 0 Å². The number of morpholine rings is 1. The van der Waals surface area contributed by atoms with Crippen molar-refractivity contribution in [2.75, 3.05) is 32.8 Å². The fourth-order valence-corrected chi connectivity index (χ4v) is 3.47. The maximum atomic E-state index is 12.2. The molecule has 0 aromatic rings. The van der Waals surface area contributed by atoms with Gasteiger partial charge in [-0.2, -0.15) is 17.0 Å². The van der Waals surface area contributed by atoms with E-state index in [1.165, 1.54) is 8.61 Å². The Bertz CT molecular complexity index is 368. The summed E-state index contributed by atoms with van der Waals surface area (Å²) >= 11 is 4.83. The predicted octanol–water partition coefficient (Wildman–Crippen LogP) is -0.440. The van der Waals surface area contributed by atoms with Gasteiger partial charge in [0, 0.05) is 26.2 Å². The highest BCUT2D eigenvalue weighted by molar-refractivity contribution is 7.86. The third-order valence-electron chi connectivity index (χ3n) is 2.70. The first-order valence-electron chi connectivity index (χ1n) is 5.59. The van der Waals surface area contributed by atoms with E-state index in [1.54, 1.807) is 0 Å². The van der Waals surface area contributed by atoms with Gasteiger partial charge >= 0.3 is 0 Å². The average molecular weight is 281 g/mol. The van der Waals surface area contributed by atoms with Crippen LogP contribution in [0, 0.1) is 0 Å². The van der Waals surface area contributed by atoms with Crippen molar-refractivity contribution in [3.63, 3.8) is 0 Å². The molecule has 0 amide bonds.